The molecule has 2 aromatic carbocycles. The second kappa shape index (κ2) is 8.73. The van der Waals surface area contributed by atoms with E-state index in [0.29, 0.717) is 11.3 Å². The third-order valence-corrected chi connectivity index (χ3v) is 5.30. The highest BCUT2D eigenvalue weighted by Crippen LogP contribution is 2.13. The van der Waals surface area contributed by atoms with Crippen molar-refractivity contribution in [1.29, 1.82) is 0 Å². The number of anilines is 1. The minimum atomic E-state index is -3.78. The maximum atomic E-state index is 12.3. The highest BCUT2D eigenvalue weighted by molar-refractivity contribution is 7.89. The lowest BCUT2D eigenvalue weighted by Gasteiger charge is -2.09. The maximum Gasteiger partial charge on any atom is 0.240 e. The highest BCUT2D eigenvalue weighted by atomic mass is 32.2. The van der Waals surface area contributed by atoms with Gasteiger partial charge in [-0.1, -0.05) is 31.2 Å². The fourth-order valence-electron chi connectivity index (χ4n) is 2.31. The first-order chi connectivity index (χ1) is 12.3. The number of benzene rings is 2. The first kappa shape index (κ1) is 19.8. The van der Waals surface area contributed by atoms with Gasteiger partial charge in [-0.2, -0.15) is 0 Å². The Morgan fingerprint density at radius 1 is 1.04 bits per heavy atom. The molecule has 0 saturated carbocycles. The summed E-state index contributed by atoms with van der Waals surface area (Å²) in [6.45, 7) is 3.38. The minimum absolute atomic E-state index is 0.000706. The van der Waals surface area contributed by atoms with Crippen LogP contribution in [0.3, 0.4) is 0 Å². The molecular weight excluding hydrogens is 352 g/mol. The Labute approximate surface area is 153 Å². The van der Waals surface area contributed by atoms with Crippen molar-refractivity contribution < 1.29 is 18.0 Å². The number of aryl methyl sites for hydroxylation is 1. The molecule has 2 rings (SSSR count). The largest absolute Gasteiger partial charge is 0.326 e. The number of rotatable bonds is 8. The predicted octanol–water partition coefficient (Wildman–Crippen LogP) is 2.76. The molecule has 0 aliphatic rings. The summed E-state index contributed by atoms with van der Waals surface area (Å²) in [6.07, 6.45) is 0.919. The molecule has 0 fully saturated rings. The van der Waals surface area contributed by atoms with Crippen LogP contribution in [0.2, 0.25) is 0 Å². The summed E-state index contributed by atoms with van der Waals surface area (Å²) in [6, 6.07) is 13.3. The number of sulfonamides is 1. The number of amides is 1. The van der Waals surface area contributed by atoms with E-state index in [1.807, 2.05) is 31.2 Å². The molecule has 0 radical (unpaired) electrons. The first-order valence-electron chi connectivity index (χ1n) is 8.31. The summed E-state index contributed by atoms with van der Waals surface area (Å²) >= 11 is 0. The number of nitrogens with one attached hydrogen (secondary N) is 2. The van der Waals surface area contributed by atoms with Gasteiger partial charge in [0.25, 0.3) is 0 Å². The number of hydrogen-bond donors (Lipinski definition) is 2. The van der Waals surface area contributed by atoms with Gasteiger partial charge in [0.1, 0.15) is 0 Å². The molecule has 0 bridgehead atoms. The quantitative estimate of drug-likeness (QED) is 0.695. The van der Waals surface area contributed by atoms with Crippen molar-refractivity contribution in [3.63, 3.8) is 0 Å². The Morgan fingerprint density at radius 3 is 2.35 bits per heavy atom. The number of Topliss-reactive ketones (excluding diaryl/α,β-unsaturated/α-hetero) is 1. The summed E-state index contributed by atoms with van der Waals surface area (Å²) in [5.74, 6) is -0.495. The van der Waals surface area contributed by atoms with Crippen LogP contribution < -0.4 is 10.0 Å². The van der Waals surface area contributed by atoms with Gasteiger partial charge in [-0.25, -0.2) is 13.1 Å². The molecule has 0 heterocycles. The average Bonchev–Trinajstić information content (AvgIpc) is 2.62. The third-order valence-electron chi connectivity index (χ3n) is 3.84. The number of hydrogen-bond acceptors (Lipinski definition) is 4. The third kappa shape index (κ3) is 5.50. The molecule has 138 valence electrons. The van der Waals surface area contributed by atoms with Crippen molar-refractivity contribution in [2.75, 3.05) is 11.9 Å². The van der Waals surface area contributed by atoms with Crippen LogP contribution in [0.15, 0.2) is 53.4 Å². The van der Waals surface area contributed by atoms with Crippen LogP contribution in [-0.2, 0) is 21.2 Å². The average molecular weight is 374 g/mol. The molecule has 7 heteroatoms. The molecule has 0 saturated heterocycles. The van der Waals surface area contributed by atoms with Crippen LogP contribution in [0.4, 0.5) is 5.69 Å². The van der Waals surface area contributed by atoms with Crippen molar-refractivity contribution >= 4 is 27.4 Å². The van der Waals surface area contributed by atoms with Crippen LogP contribution >= 0.6 is 0 Å². The predicted molar refractivity (Wildman–Crippen MR) is 101 cm³/mol. The molecule has 0 aliphatic carbocycles. The molecule has 1 amide bonds. The van der Waals surface area contributed by atoms with Crippen molar-refractivity contribution in [1.82, 2.24) is 4.72 Å². The Balaban J connectivity index is 1.90. The van der Waals surface area contributed by atoms with Crippen LogP contribution in [-0.4, -0.2) is 26.7 Å². The molecule has 6 nitrogen and oxygen atoms in total. The zero-order valence-electron chi connectivity index (χ0n) is 14.8. The molecular formula is C19H22N2O4S. The van der Waals surface area contributed by atoms with E-state index in [4.69, 9.17) is 0 Å². The van der Waals surface area contributed by atoms with Crippen molar-refractivity contribution in [2.45, 2.75) is 31.6 Å². The van der Waals surface area contributed by atoms with E-state index in [2.05, 4.69) is 10.0 Å². The Bertz CT molecular complexity index is 890. The summed E-state index contributed by atoms with van der Waals surface area (Å²) in [5, 5.41) is 2.72. The zero-order valence-corrected chi connectivity index (χ0v) is 15.6. The molecule has 0 spiro atoms. The van der Waals surface area contributed by atoms with E-state index >= 15 is 0 Å². The normalized spacial score (nSPS) is 11.2. The smallest absolute Gasteiger partial charge is 0.240 e. The maximum absolute atomic E-state index is 12.3. The van der Waals surface area contributed by atoms with Crippen molar-refractivity contribution in [3.05, 3.63) is 59.7 Å². The summed E-state index contributed by atoms with van der Waals surface area (Å²) < 4.78 is 26.9. The van der Waals surface area contributed by atoms with Gasteiger partial charge in [-0.15, -0.1) is 0 Å². The van der Waals surface area contributed by atoms with Gasteiger partial charge in [-0.05, 0) is 43.2 Å². The van der Waals surface area contributed by atoms with E-state index < -0.39 is 10.0 Å². The van der Waals surface area contributed by atoms with Crippen molar-refractivity contribution in [2.24, 2.45) is 0 Å². The van der Waals surface area contributed by atoms with E-state index in [1.54, 1.807) is 6.07 Å². The topological polar surface area (TPSA) is 92.3 Å². The van der Waals surface area contributed by atoms with Gasteiger partial charge in [0.15, 0.2) is 5.78 Å². The van der Waals surface area contributed by atoms with Crippen LogP contribution in [0, 0.1) is 0 Å². The minimum Gasteiger partial charge on any atom is -0.326 e. The Morgan fingerprint density at radius 2 is 1.73 bits per heavy atom. The fourth-order valence-corrected chi connectivity index (χ4v) is 3.39. The molecule has 0 aliphatic heterocycles. The molecule has 0 aromatic heterocycles. The number of carbonyl (C=O) groups is 2. The number of ketones is 1. The van der Waals surface area contributed by atoms with E-state index in [0.717, 1.165) is 6.42 Å². The number of carbonyl (C=O) groups excluding carboxylic acids is 2. The van der Waals surface area contributed by atoms with Crippen LogP contribution in [0.5, 0.6) is 0 Å². The lowest BCUT2D eigenvalue weighted by molar-refractivity contribution is -0.116. The first-order valence-corrected chi connectivity index (χ1v) is 9.79. The summed E-state index contributed by atoms with van der Waals surface area (Å²) in [5.41, 5.74) is 2.16. The zero-order chi connectivity index (χ0) is 19.2. The van der Waals surface area contributed by atoms with Gasteiger partial charge in [0, 0.05) is 24.2 Å². The van der Waals surface area contributed by atoms with Gasteiger partial charge < -0.3 is 5.32 Å². The molecule has 0 unspecified atom stereocenters. The second-order valence-electron chi connectivity index (χ2n) is 5.83. The van der Waals surface area contributed by atoms with Gasteiger partial charge >= 0.3 is 0 Å². The molecule has 0 atom stereocenters. The van der Waals surface area contributed by atoms with E-state index in [1.165, 1.54) is 30.7 Å². The molecule has 2 N–H and O–H groups in total. The van der Waals surface area contributed by atoms with Crippen LogP contribution in [0.25, 0.3) is 0 Å². The molecule has 26 heavy (non-hydrogen) atoms. The van der Waals surface area contributed by atoms with Gasteiger partial charge in [0.05, 0.1) is 4.90 Å². The van der Waals surface area contributed by atoms with E-state index in [-0.39, 0.29) is 29.6 Å². The lowest BCUT2D eigenvalue weighted by atomic mass is 10.1. The fraction of sp³-hybridized carbons (Fsp3) is 0.263. The SMILES string of the molecule is CCc1ccc(NC(=O)CCNS(=O)(=O)c2cccc(C(C)=O)c2)cc1. The Hall–Kier alpha value is -2.51. The van der Waals surface area contributed by atoms with E-state index in [9.17, 15) is 18.0 Å². The van der Waals surface area contributed by atoms with Gasteiger partial charge in [0.2, 0.25) is 15.9 Å². The monoisotopic (exact) mass is 374 g/mol. The van der Waals surface area contributed by atoms with Crippen LogP contribution in [0.1, 0.15) is 36.2 Å². The summed E-state index contributed by atoms with van der Waals surface area (Å²) in [4.78, 5) is 23.3. The second-order valence-corrected chi connectivity index (χ2v) is 7.60. The van der Waals surface area contributed by atoms with Crippen molar-refractivity contribution in [3.8, 4) is 0 Å². The highest BCUT2D eigenvalue weighted by Gasteiger charge is 2.15. The van der Waals surface area contributed by atoms with Gasteiger partial charge in [-0.3, -0.25) is 9.59 Å². The standard InChI is InChI=1S/C19H22N2O4S/c1-3-15-7-9-17(10-8-15)21-19(23)11-12-20-26(24,25)18-6-4-5-16(13-18)14(2)22/h4-10,13,20H,3,11-12H2,1-2H3,(H,21,23). The summed E-state index contributed by atoms with van der Waals surface area (Å²) in [7, 11) is -3.78. The molecule has 2 aromatic rings. The lowest BCUT2D eigenvalue weighted by Crippen LogP contribution is -2.28. The Kier molecular flexibility index (Phi) is 6.65.